The average molecular weight is 361 g/mol. The smallest absolute Gasteiger partial charge is 0.291 e. The van der Waals surface area contributed by atoms with E-state index in [2.05, 4.69) is 15.4 Å². The van der Waals surface area contributed by atoms with Crippen LogP contribution in [0.2, 0.25) is 0 Å². The summed E-state index contributed by atoms with van der Waals surface area (Å²) in [6, 6.07) is 19.9. The van der Waals surface area contributed by atoms with E-state index in [0.717, 1.165) is 36.9 Å². The maximum Gasteiger partial charge on any atom is 0.291 e. The molecule has 6 heteroatoms. The Morgan fingerprint density at radius 2 is 1.59 bits per heavy atom. The van der Waals surface area contributed by atoms with E-state index in [1.807, 2.05) is 60.7 Å². The standard InChI is InChI=1S/C21H23N5O/c22-16-11-13-17(14-12-16)23-21(27)19-24-20(15-7-3-1-4-8-15)26(25-19)18-9-5-2-6-10-18/h1-10,16-17H,11-14,22H2,(H,23,27). The van der Waals surface area contributed by atoms with Gasteiger partial charge in [0, 0.05) is 17.6 Å². The average Bonchev–Trinajstić information content (AvgIpc) is 3.17. The maximum atomic E-state index is 12.7. The molecule has 0 unspecified atom stereocenters. The number of benzene rings is 2. The zero-order chi connectivity index (χ0) is 18.6. The molecule has 1 aliphatic carbocycles. The second-order valence-electron chi connectivity index (χ2n) is 6.96. The summed E-state index contributed by atoms with van der Waals surface area (Å²) in [7, 11) is 0. The Bertz CT molecular complexity index is 842. The molecule has 0 atom stereocenters. The van der Waals surface area contributed by atoms with Gasteiger partial charge in [0.05, 0.1) is 5.69 Å². The zero-order valence-corrected chi connectivity index (χ0v) is 15.1. The quantitative estimate of drug-likeness (QED) is 0.748. The highest BCUT2D eigenvalue weighted by atomic mass is 16.2. The molecule has 0 bridgehead atoms. The number of carbonyl (C=O) groups is 1. The van der Waals surface area contributed by atoms with Crippen LogP contribution in [0.1, 0.15) is 36.3 Å². The van der Waals surface area contributed by atoms with Gasteiger partial charge in [0.1, 0.15) is 0 Å². The molecule has 1 aromatic heterocycles. The van der Waals surface area contributed by atoms with Crippen LogP contribution in [-0.4, -0.2) is 32.8 Å². The number of carbonyl (C=O) groups excluding carboxylic acids is 1. The van der Waals surface area contributed by atoms with Crippen molar-refractivity contribution in [3.8, 4) is 17.1 Å². The molecule has 27 heavy (non-hydrogen) atoms. The van der Waals surface area contributed by atoms with Gasteiger partial charge in [-0.3, -0.25) is 4.79 Å². The van der Waals surface area contributed by atoms with Gasteiger partial charge >= 0.3 is 0 Å². The van der Waals surface area contributed by atoms with Crippen LogP contribution in [0.15, 0.2) is 60.7 Å². The van der Waals surface area contributed by atoms with Crippen molar-refractivity contribution in [3.63, 3.8) is 0 Å². The molecule has 138 valence electrons. The fraction of sp³-hybridized carbons (Fsp3) is 0.286. The lowest BCUT2D eigenvalue weighted by molar-refractivity contribution is 0.0915. The predicted molar refractivity (Wildman–Crippen MR) is 104 cm³/mol. The van der Waals surface area contributed by atoms with Crippen molar-refractivity contribution in [3.05, 3.63) is 66.5 Å². The second-order valence-corrected chi connectivity index (χ2v) is 6.96. The summed E-state index contributed by atoms with van der Waals surface area (Å²) >= 11 is 0. The van der Waals surface area contributed by atoms with Crippen molar-refractivity contribution >= 4 is 5.91 Å². The fourth-order valence-electron chi connectivity index (χ4n) is 3.45. The molecule has 3 N–H and O–H groups in total. The first-order valence-corrected chi connectivity index (χ1v) is 9.35. The van der Waals surface area contributed by atoms with E-state index in [1.54, 1.807) is 4.68 Å². The Morgan fingerprint density at radius 3 is 2.26 bits per heavy atom. The first kappa shape index (κ1) is 17.4. The number of hydrogen-bond donors (Lipinski definition) is 2. The number of hydrogen-bond acceptors (Lipinski definition) is 4. The summed E-state index contributed by atoms with van der Waals surface area (Å²) in [6.07, 6.45) is 3.67. The lowest BCUT2D eigenvalue weighted by atomic mass is 9.92. The number of aromatic nitrogens is 3. The van der Waals surface area contributed by atoms with Gasteiger partial charge in [-0.2, -0.15) is 0 Å². The Morgan fingerprint density at radius 1 is 0.963 bits per heavy atom. The van der Waals surface area contributed by atoms with E-state index in [1.165, 1.54) is 0 Å². The SMILES string of the molecule is NC1CCC(NC(=O)c2nc(-c3ccccc3)n(-c3ccccc3)n2)CC1. The normalized spacial score (nSPS) is 19.6. The van der Waals surface area contributed by atoms with E-state index in [-0.39, 0.29) is 23.8 Å². The lowest BCUT2D eigenvalue weighted by Crippen LogP contribution is -2.40. The third kappa shape index (κ3) is 3.90. The van der Waals surface area contributed by atoms with Crippen molar-refractivity contribution < 1.29 is 4.79 Å². The van der Waals surface area contributed by atoms with Crippen LogP contribution >= 0.6 is 0 Å². The summed E-state index contributed by atoms with van der Waals surface area (Å²) in [5, 5.41) is 7.57. The molecule has 4 rings (SSSR count). The van der Waals surface area contributed by atoms with E-state index in [4.69, 9.17) is 5.73 Å². The molecule has 1 saturated carbocycles. The summed E-state index contributed by atoms with van der Waals surface area (Å²) < 4.78 is 1.72. The molecular weight excluding hydrogens is 338 g/mol. The highest BCUT2D eigenvalue weighted by Gasteiger charge is 2.24. The minimum Gasteiger partial charge on any atom is -0.347 e. The van der Waals surface area contributed by atoms with Gasteiger partial charge in [0.2, 0.25) is 5.82 Å². The van der Waals surface area contributed by atoms with Crippen molar-refractivity contribution in [2.75, 3.05) is 0 Å². The number of nitrogens with zero attached hydrogens (tertiary/aromatic N) is 3. The Kier molecular flexibility index (Phi) is 4.98. The molecule has 1 aliphatic rings. The highest BCUT2D eigenvalue weighted by molar-refractivity contribution is 5.91. The van der Waals surface area contributed by atoms with Gasteiger partial charge in [0.15, 0.2) is 5.82 Å². The number of amides is 1. The molecular formula is C21H23N5O. The van der Waals surface area contributed by atoms with E-state index < -0.39 is 0 Å². The van der Waals surface area contributed by atoms with Gasteiger partial charge in [-0.1, -0.05) is 48.5 Å². The van der Waals surface area contributed by atoms with Crippen LogP contribution in [0.4, 0.5) is 0 Å². The summed E-state index contributed by atoms with van der Waals surface area (Å²) in [5.41, 5.74) is 7.73. The van der Waals surface area contributed by atoms with Gasteiger partial charge in [0.25, 0.3) is 5.91 Å². The number of rotatable bonds is 4. The maximum absolute atomic E-state index is 12.7. The van der Waals surface area contributed by atoms with Crippen LogP contribution in [0.5, 0.6) is 0 Å². The number of nitrogens with one attached hydrogen (secondary N) is 1. The van der Waals surface area contributed by atoms with E-state index in [0.29, 0.717) is 5.82 Å². The lowest BCUT2D eigenvalue weighted by Gasteiger charge is -2.26. The fourth-order valence-corrected chi connectivity index (χ4v) is 3.45. The summed E-state index contributed by atoms with van der Waals surface area (Å²) in [4.78, 5) is 17.3. The first-order chi connectivity index (χ1) is 13.2. The Balaban J connectivity index is 1.64. The van der Waals surface area contributed by atoms with Crippen LogP contribution in [-0.2, 0) is 0 Å². The van der Waals surface area contributed by atoms with Gasteiger partial charge in [-0.15, -0.1) is 5.10 Å². The minimum atomic E-state index is -0.234. The minimum absolute atomic E-state index is 0.140. The monoisotopic (exact) mass is 361 g/mol. The predicted octanol–water partition coefficient (Wildman–Crippen LogP) is 2.93. The molecule has 1 amide bonds. The third-order valence-electron chi connectivity index (χ3n) is 4.95. The van der Waals surface area contributed by atoms with Crippen molar-refractivity contribution in [1.82, 2.24) is 20.1 Å². The van der Waals surface area contributed by atoms with Crippen LogP contribution in [0.3, 0.4) is 0 Å². The largest absolute Gasteiger partial charge is 0.347 e. The van der Waals surface area contributed by atoms with Crippen molar-refractivity contribution in [2.45, 2.75) is 37.8 Å². The Labute approximate surface area is 158 Å². The number of para-hydroxylation sites is 1. The molecule has 3 aromatic rings. The first-order valence-electron chi connectivity index (χ1n) is 9.35. The van der Waals surface area contributed by atoms with Crippen LogP contribution in [0, 0.1) is 0 Å². The molecule has 0 radical (unpaired) electrons. The molecule has 0 spiro atoms. The summed E-state index contributed by atoms with van der Waals surface area (Å²) in [6.45, 7) is 0. The molecule has 1 fully saturated rings. The van der Waals surface area contributed by atoms with Crippen LogP contribution in [0.25, 0.3) is 17.1 Å². The topological polar surface area (TPSA) is 85.8 Å². The molecule has 2 aromatic carbocycles. The van der Waals surface area contributed by atoms with Gasteiger partial charge < -0.3 is 11.1 Å². The second kappa shape index (κ2) is 7.72. The van der Waals surface area contributed by atoms with Crippen molar-refractivity contribution in [2.24, 2.45) is 5.73 Å². The molecule has 0 saturated heterocycles. The highest BCUT2D eigenvalue weighted by Crippen LogP contribution is 2.22. The summed E-state index contributed by atoms with van der Waals surface area (Å²) in [5.74, 6) is 0.604. The molecule has 0 aliphatic heterocycles. The molecule has 1 heterocycles. The van der Waals surface area contributed by atoms with Gasteiger partial charge in [-0.05, 0) is 37.8 Å². The third-order valence-corrected chi connectivity index (χ3v) is 4.95. The Hall–Kier alpha value is -2.99. The van der Waals surface area contributed by atoms with Crippen molar-refractivity contribution in [1.29, 1.82) is 0 Å². The van der Waals surface area contributed by atoms with Gasteiger partial charge in [-0.25, -0.2) is 9.67 Å². The number of nitrogens with two attached hydrogens (primary N) is 1. The van der Waals surface area contributed by atoms with Crippen LogP contribution < -0.4 is 11.1 Å². The van der Waals surface area contributed by atoms with E-state index >= 15 is 0 Å². The zero-order valence-electron chi connectivity index (χ0n) is 15.1. The van der Waals surface area contributed by atoms with E-state index in [9.17, 15) is 4.79 Å². The molecule has 6 nitrogen and oxygen atoms in total.